The Morgan fingerprint density at radius 2 is 1.89 bits per heavy atom. The molecule has 2 rings (SSSR count). The topological polar surface area (TPSA) is 59.2 Å². The van der Waals surface area contributed by atoms with Crippen molar-refractivity contribution in [2.45, 2.75) is 32.3 Å². The van der Waals surface area contributed by atoms with Crippen molar-refractivity contribution in [1.82, 2.24) is 10.1 Å². The second-order valence-electron chi connectivity index (χ2n) is 4.38. The summed E-state index contributed by atoms with van der Waals surface area (Å²) in [4.78, 5) is 4.28. The summed E-state index contributed by atoms with van der Waals surface area (Å²) in [6, 6.07) is 5.06. The number of hydrogen-bond acceptors (Lipinski definition) is 4. The summed E-state index contributed by atoms with van der Waals surface area (Å²) >= 11 is 11.9. The number of nitrogens with zero attached hydrogens (tertiary/aromatic N) is 2. The zero-order valence-electron chi connectivity index (χ0n) is 10.6. The van der Waals surface area contributed by atoms with Crippen LogP contribution >= 0.6 is 23.2 Å². The molecule has 2 unspecified atom stereocenters. The van der Waals surface area contributed by atoms with Crippen LogP contribution in [-0.2, 0) is 0 Å². The van der Waals surface area contributed by atoms with Crippen LogP contribution in [0.1, 0.15) is 32.1 Å². The average Bonchev–Trinajstić information content (AvgIpc) is 2.85. The van der Waals surface area contributed by atoms with Crippen LogP contribution in [0, 0.1) is 0 Å². The molecule has 2 aromatic rings. The molecule has 19 heavy (non-hydrogen) atoms. The summed E-state index contributed by atoms with van der Waals surface area (Å²) in [7, 11) is 0. The van der Waals surface area contributed by atoms with E-state index in [1.54, 1.807) is 18.2 Å². The van der Waals surface area contributed by atoms with Gasteiger partial charge in [-0.1, -0.05) is 42.2 Å². The van der Waals surface area contributed by atoms with Crippen LogP contribution in [0.4, 0.5) is 0 Å². The largest absolute Gasteiger partial charge is 0.392 e. The monoisotopic (exact) mass is 300 g/mol. The predicted octanol–water partition coefficient (Wildman–Crippen LogP) is 3.92. The van der Waals surface area contributed by atoms with E-state index in [0.29, 0.717) is 33.7 Å². The molecular weight excluding hydrogens is 287 g/mol. The fraction of sp³-hybridized carbons (Fsp3) is 0.385. The lowest BCUT2D eigenvalue weighted by atomic mass is 10.0. The van der Waals surface area contributed by atoms with Crippen LogP contribution in [0.2, 0.25) is 10.0 Å². The first-order valence-corrected chi connectivity index (χ1v) is 6.75. The highest BCUT2D eigenvalue weighted by molar-refractivity contribution is 6.35. The van der Waals surface area contributed by atoms with Gasteiger partial charge < -0.3 is 9.63 Å². The van der Waals surface area contributed by atoms with E-state index in [9.17, 15) is 5.11 Å². The summed E-state index contributed by atoms with van der Waals surface area (Å²) in [6.07, 6.45) is 0.123. The lowest BCUT2D eigenvalue weighted by molar-refractivity contribution is 0.129. The summed E-state index contributed by atoms with van der Waals surface area (Å²) in [5.41, 5.74) is 0.686. The maximum Gasteiger partial charge on any atom is 0.232 e. The van der Waals surface area contributed by atoms with Crippen molar-refractivity contribution in [3.05, 3.63) is 34.1 Å². The summed E-state index contributed by atoms with van der Waals surface area (Å²) in [6.45, 7) is 3.74. The molecule has 0 aliphatic heterocycles. The standard InChI is InChI=1S/C13H14Cl2N2O2/c1-3-11(18)7(2)13-16-12(17-19-13)8-4-9(14)6-10(15)5-8/h4-7,11,18H,3H2,1-2H3. The lowest BCUT2D eigenvalue weighted by Crippen LogP contribution is -2.14. The molecule has 0 aliphatic carbocycles. The SMILES string of the molecule is CCC(O)C(C)c1nc(-c2cc(Cl)cc(Cl)c2)no1. The van der Waals surface area contributed by atoms with Gasteiger partial charge in [0, 0.05) is 15.6 Å². The zero-order chi connectivity index (χ0) is 14.0. The van der Waals surface area contributed by atoms with Crippen LogP contribution in [-0.4, -0.2) is 21.4 Å². The smallest absolute Gasteiger partial charge is 0.232 e. The van der Waals surface area contributed by atoms with Gasteiger partial charge in [0.1, 0.15) is 0 Å². The third-order valence-corrected chi connectivity index (χ3v) is 3.38. The van der Waals surface area contributed by atoms with Gasteiger partial charge in [0.25, 0.3) is 0 Å². The summed E-state index contributed by atoms with van der Waals surface area (Å²) < 4.78 is 5.18. The van der Waals surface area contributed by atoms with Gasteiger partial charge in [-0.2, -0.15) is 4.98 Å². The van der Waals surface area contributed by atoms with E-state index in [4.69, 9.17) is 27.7 Å². The van der Waals surface area contributed by atoms with E-state index in [1.165, 1.54) is 0 Å². The first-order valence-electron chi connectivity index (χ1n) is 5.99. The number of hydrogen-bond donors (Lipinski definition) is 1. The molecule has 0 spiro atoms. The molecule has 1 heterocycles. The number of halogens is 2. The van der Waals surface area contributed by atoms with Gasteiger partial charge in [-0.05, 0) is 24.6 Å². The van der Waals surface area contributed by atoms with E-state index >= 15 is 0 Å². The van der Waals surface area contributed by atoms with E-state index in [2.05, 4.69) is 10.1 Å². The Morgan fingerprint density at radius 3 is 2.47 bits per heavy atom. The number of benzene rings is 1. The Hall–Kier alpha value is -1.10. The van der Waals surface area contributed by atoms with Gasteiger partial charge >= 0.3 is 0 Å². The van der Waals surface area contributed by atoms with Crippen LogP contribution in [0.15, 0.2) is 22.7 Å². The van der Waals surface area contributed by atoms with Crippen LogP contribution in [0.25, 0.3) is 11.4 Å². The minimum absolute atomic E-state index is 0.207. The number of aliphatic hydroxyl groups excluding tert-OH is 1. The Kier molecular flexibility index (Phi) is 4.45. The van der Waals surface area contributed by atoms with Gasteiger partial charge in [-0.25, -0.2) is 0 Å². The van der Waals surface area contributed by atoms with E-state index < -0.39 is 6.10 Å². The Morgan fingerprint density at radius 1 is 1.26 bits per heavy atom. The third-order valence-electron chi connectivity index (χ3n) is 2.95. The van der Waals surface area contributed by atoms with Gasteiger partial charge in [-0.3, -0.25) is 0 Å². The second-order valence-corrected chi connectivity index (χ2v) is 5.25. The van der Waals surface area contributed by atoms with Gasteiger partial charge in [0.2, 0.25) is 11.7 Å². The van der Waals surface area contributed by atoms with E-state index in [-0.39, 0.29) is 5.92 Å². The van der Waals surface area contributed by atoms with Gasteiger partial charge in [0.15, 0.2) is 0 Å². The molecule has 0 amide bonds. The van der Waals surface area contributed by atoms with Crippen molar-refractivity contribution in [2.75, 3.05) is 0 Å². The van der Waals surface area contributed by atoms with Crippen molar-refractivity contribution >= 4 is 23.2 Å². The summed E-state index contributed by atoms with van der Waals surface area (Å²) in [5, 5.41) is 14.7. The molecule has 1 N–H and O–H groups in total. The van der Waals surface area contributed by atoms with Gasteiger partial charge in [-0.15, -0.1) is 0 Å². The fourth-order valence-corrected chi connectivity index (χ4v) is 2.26. The molecule has 1 aromatic heterocycles. The minimum Gasteiger partial charge on any atom is -0.392 e. The lowest BCUT2D eigenvalue weighted by Gasteiger charge is -2.11. The highest BCUT2D eigenvalue weighted by atomic mass is 35.5. The molecule has 1 aromatic carbocycles. The van der Waals surface area contributed by atoms with Crippen molar-refractivity contribution in [1.29, 1.82) is 0 Å². The van der Waals surface area contributed by atoms with E-state index in [1.807, 2.05) is 13.8 Å². The minimum atomic E-state index is -0.503. The average molecular weight is 301 g/mol. The van der Waals surface area contributed by atoms with Crippen molar-refractivity contribution in [2.24, 2.45) is 0 Å². The maximum atomic E-state index is 9.78. The van der Waals surface area contributed by atoms with Crippen molar-refractivity contribution < 1.29 is 9.63 Å². The highest BCUT2D eigenvalue weighted by Gasteiger charge is 2.21. The molecule has 0 radical (unpaired) electrons. The Bertz CT molecular complexity index is 551. The molecule has 0 fully saturated rings. The van der Waals surface area contributed by atoms with Crippen LogP contribution in [0.5, 0.6) is 0 Å². The van der Waals surface area contributed by atoms with Crippen molar-refractivity contribution in [3.8, 4) is 11.4 Å². The first kappa shape index (κ1) is 14.3. The molecule has 0 saturated carbocycles. The third kappa shape index (κ3) is 3.26. The Balaban J connectivity index is 2.30. The summed E-state index contributed by atoms with van der Waals surface area (Å²) in [5.74, 6) is 0.607. The molecular formula is C13H14Cl2N2O2. The number of rotatable bonds is 4. The fourth-order valence-electron chi connectivity index (χ4n) is 1.74. The molecule has 0 saturated heterocycles. The highest BCUT2D eigenvalue weighted by Crippen LogP contribution is 2.27. The molecule has 0 bridgehead atoms. The predicted molar refractivity (Wildman–Crippen MR) is 74.5 cm³/mol. The second kappa shape index (κ2) is 5.90. The first-order chi connectivity index (χ1) is 9.01. The van der Waals surface area contributed by atoms with Crippen LogP contribution < -0.4 is 0 Å². The normalized spacial score (nSPS) is 14.4. The van der Waals surface area contributed by atoms with Crippen LogP contribution in [0.3, 0.4) is 0 Å². The number of aromatic nitrogens is 2. The molecule has 6 heteroatoms. The molecule has 4 nitrogen and oxygen atoms in total. The molecule has 102 valence electrons. The quantitative estimate of drug-likeness (QED) is 0.930. The molecule has 0 aliphatic rings. The number of aliphatic hydroxyl groups is 1. The maximum absolute atomic E-state index is 9.78. The van der Waals surface area contributed by atoms with Crippen molar-refractivity contribution in [3.63, 3.8) is 0 Å². The van der Waals surface area contributed by atoms with Gasteiger partial charge in [0.05, 0.1) is 12.0 Å². The Labute approximate surface area is 121 Å². The molecule has 2 atom stereocenters. The zero-order valence-corrected chi connectivity index (χ0v) is 12.1. The van der Waals surface area contributed by atoms with E-state index in [0.717, 1.165) is 0 Å².